The minimum Gasteiger partial charge on any atom is -0.360 e. The van der Waals surface area contributed by atoms with Crippen LogP contribution in [-0.4, -0.2) is 37.9 Å². The Bertz CT molecular complexity index is 1100. The molecule has 1 heterocycles. The van der Waals surface area contributed by atoms with Crippen LogP contribution in [0.4, 0.5) is 4.39 Å². The number of H-pyrrole nitrogens is 1. The lowest BCUT2D eigenvalue weighted by Gasteiger charge is -2.31. The number of aromatic amines is 1. The largest absolute Gasteiger partial charge is 0.360 e. The summed E-state index contributed by atoms with van der Waals surface area (Å²) in [6.45, 7) is 0.883. The van der Waals surface area contributed by atoms with Crippen molar-refractivity contribution in [2.24, 2.45) is 0 Å². The van der Waals surface area contributed by atoms with Crippen LogP contribution < -0.4 is 0 Å². The van der Waals surface area contributed by atoms with Gasteiger partial charge in [-0.05, 0) is 56.1 Å². The summed E-state index contributed by atoms with van der Waals surface area (Å²) in [6, 6.07) is 11.6. The number of hydrogen-bond acceptors (Lipinski definition) is 3. The fraction of sp³-hybridized carbons (Fsp3) is 0.391. The standard InChI is InChI=1S/C23H27FN2O2S/c1-26(19-9-3-2-4-10-19)14-13-17-7-5-12-21-23(17)22(16-25-21)29(27,28)20-11-6-8-18(24)15-20/h5-8,11-12,15-16,19,25H,2-4,9-10,13-14H2,1H3. The van der Waals surface area contributed by atoms with E-state index in [9.17, 15) is 12.8 Å². The van der Waals surface area contributed by atoms with Crippen molar-refractivity contribution in [1.82, 2.24) is 9.88 Å². The first-order valence-electron chi connectivity index (χ1n) is 10.3. The summed E-state index contributed by atoms with van der Waals surface area (Å²) in [5, 5.41) is 0.716. The van der Waals surface area contributed by atoms with Gasteiger partial charge >= 0.3 is 0 Å². The van der Waals surface area contributed by atoms with Crippen molar-refractivity contribution in [3.05, 3.63) is 60.0 Å². The summed E-state index contributed by atoms with van der Waals surface area (Å²) < 4.78 is 40.0. The van der Waals surface area contributed by atoms with Gasteiger partial charge in [0.05, 0.1) is 9.79 Å². The number of nitrogens with one attached hydrogen (secondary N) is 1. The van der Waals surface area contributed by atoms with Crippen molar-refractivity contribution in [1.29, 1.82) is 0 Å². The van der Waals surface area contributed by atoms with Crippen molar-refractivity contribution in [3.8, 4) is 0 Å². The SMILES string of the molecule is CN(CCc1cccc2[nH]cc(S(=O)(=O)c3cccc(F)c3)c12)C1CCCCC1. The van der Waals surface area contributed by atoms with Crippen LogP contribution in [0.1, 0.15) is 37.7 Å². The lowest BCUT2D eigenvalue weighted by molar-refractivity contribution is 0.194. The molecule has 1 saturated carbocycles. The number of benzene rings is 2. The highest BCUT2D eigenvalue weighted by Gasteiger charge is 2.24. The van der Waals surface area contributed by atoms with E-state index in [-0.39, 0.29) is 9.79 Å². The molecule has 2 aromatic carbocycles. The molecule has 1 aliphatic rings. The molecule has 3 aromatic rings. The van der Waals surface area contributed by atoms with Crippen LogP contribution >= 0.6 is 0 Å². The molecule has 154 valence electrons. The Morgan fingerprint density at radius 3 is 2.62 bits per heavy atom. The van der Waals surface area contributed by atoms with E-state index >= 15 is 0 Å². The third kappa shape index (κ3) is 4.09. The Morgan fingerprint density at radius 2 is 1.86 bits per heavy atom. The molecule has 0 aliphatic heterocycles. The molecule has 0 atom stereocenters. The molecule has 1 aliphatic carbocycles. The second-order valence-electron chi connectivity index (χ2n) is 7.98. The van der Waals surface area contributed by atoms with Crippen LogP contribution in [0.3, 0.4) is 0 Å². The number of aromatic nitrogens is 1. The molecule has 0 saturated heterocycles. The predicted molar refractivity (Wildman–Crippen MR) is 113 cm³/mol. The molecule has 4 rings (SSSR count). The van der Waals surface area contributed by atoms with E-state index in [2.05, 4.69) is 16.9 Å². The van der Waals surface area contributed by atoms with E-state index in [1.807, 2.05) is 18.2 Å². The Hall–Kier alpha value is -2.18. The predicted octanol–water partition coefficient (Wildman–Crippen LogP) is 4.95. The van der Waals surface area contributed by atoms with Gasteiger partial charge in [0, 0.05) is 29.7 Å². The zero-order chi connectivity index (χ0) is 20.4. The van der Waals surface area contributed by atoms with Gasteiger partial charge in [-0.2, -0.15) is 0 Å². The average Bonchev–Trinajstić information content (AvgIpc) is 3.18. The van der Waals surface area contributed by atoms with Crippen LogP contribution in [0.5, 0.6) is 0 Å². The van der Waals surface area contributed by atoms with Crippen molar-refractivity contribution in [2.45, 2.75) is 54.4 Å². The molecule has 1 aromatic heterocycles. The van der Waals surface area contributed by atoms with E-state index < -0.39 is 15.7 Å². The maximum atomic E-state index is 13.6. The summed E-state index contributed by atoms with van der Waals surface area (Å²) in [5.74, 6) is -0.555. The van der Waals surface area contributed by atoms with Gasteiger partial charge in [0.1, 0.15) is 5.82 Å². The fourth-order valence-corrected chi connectivity index (χ4v) is 5.91. The van der Waals surface area contributed by atoms with Gasteiger partial charge in [0.15, 0.2) is 0 Å². The van der Waals surface area contributed by atoms with Gasteiger partial charge in [-0.25, -0.2) is 12.8 Å². The second-order valence-corrected chi connectivity index (χ2v) is 9.89. The molecule has 0 spiro atoms. The summed E-state index contributed by atoms with van der Waals surface area (Å²) in [4.78, 5) is 5.69. The van der Waals surface area contributed by atoms with E-state index in [0.29, 0.717) is 11.4 Å². The highest BCUT2D eigenvalue weighted by Crippen LogP contribution is 2.31. The Balaban J connectivity index is 1.65. The topological polar surface area (TPSA) is 53.2 Å². The highest BCUT2D eigenvalue weighted by molar-refractivity contribution is 7.91. The normalized spacial score (nSPS) is 16.0. The molecule has 29 heavy (non-hydrogen) atoms. The molecule has 0 unspecified atom stereocenters. The molecule has 0 radical (unpaired) electrons. The molecule has 1 fully saturated rings. The quantitative estimate of drug-likeness (QED) is 0.621. The first kappa shape index (κ1) is 20.1. The van der Waals surface area contributed by atoms with E-state index in [1.54, 1.807) is 0 Å². The van der Waals surface area contributed by atoms with Gasteiger partial charge in [0.2, 0.25) is 9.84 Å². The molecule has 6 heteroatoms. The molecular weight excluding hydrogens is 387 g/mol. The number of halogens is 1. The summed E-state index contributed by atoms with van der Waals surface area (Å²) in [6.07, 6.45) is 8.69. The first-order chi connectivity index (χ1) is 14.0. The molecular formula is C23H27FN2O2S. The van der Waals surface area contributed by atoms with Crippen molar-refractivity contribution in [3.63, 3.8) is 0 Å². The molecule has 1 N–H and O–H groups in total. The van der Waals surface area contributed by atoms with Gasteiger partial charge in [0.25, 0.3) is 0 Å². The van der Waals surface area contributed by atoms with E-state index in [4.69, 9.17) is 0 Å². The van der Waals surface area contributed by atoms with Crippen LogP contribution in [0.2, 0.25) is 0 Å². The molecule has 0 bridgehead atoms. The lowest BCUT2D eigenvalue weighted by atomic mass is 9.94. The van der Waals surface area contributed by atoms with Crippen molar-refractivity contribution < 1.29 is 12.8 Å². The maximum absolute atomic E-state index is 13.6. The summed E-state index contributed by atoms with van der Waals surface area (Å²) >= 11 is 0. The minimum absolute atomic E-state index is 0.0208. The van der Waals surface area contributed by atoms with Gasteiger partial charge in [-0.3, -0.25) is 0 Å². The van der Waals surface area contributed by atoms with Gasteiger partial charge in [-0.1, -0.05) is 37.5 Å². The fourth-order valence-electron chi connectivity index (χ4n) is 4.41. The van der Waals surface area contributed by atoms with E-state index in [1.165, 1.54) is 56.5 Å². The zero-order valence-electron chi connectivity index (χ0n) is 16.7. The third-order valence-electron chi connectivity index (χ3n) is 6.08. The monoisotopic (exact) mass is 414 g/mol. The third-order valence-corrected chi connectivity index (χ3v) is 7.86. The smallest absolute Gasteiger partial charge is 0.208 e. The van der Waals surface area contributed by atoms with Crippen LogP contribution in [0, 0.1) is 5.82 Å². The summed E-state index contributed by atoms with van der Waals surface area (Å²) in [7, 11) is -1.65. The average molecular weight is 415 g/mol. The highest BCUT2D eigenvalue weighted by atomic mass is 32.2. The van der Waals surface area contributed by atoms with Crippen molar-refractivity contribution in [2.75, 3.05) is 13.6 Å². The number of sulfone groups is 1. The maximum Gasteiger partial charge on any atom is 0.208 e. The molecule has 0 amide bonds. The van der Waals surface area contributed by atoms with Crippen LogP contribution in [0.25, 0.3) is 10.9 Å². The minimum atomic E-state index is -3.81. The number of rotatable bonds is 6. The lowest BCUT2D eigenvalue weighted by Crippen LogP contribution is -2.34. The number of likely N-dealkylation sites (N-methyl/N-ethyl adjacent to an activating group) is 1. The van der Waals surface area contributed by atoms with Gasteiger partial charge < -0.3 is 9.88 Å². The first-order valence-corrected chi connectivity index (χ1v) is 11.7. The summed E-state index contributed by atoms with van der Waals surface area (Å²) in [5.41, 5.74) is 1.79. The van der Waals surface area contributed by atoms with Crippen molar-refractivity contribution >= 4 is 20.7 Å². The Labute approximate surface area is 171 Å². The van der Waals surface area contributed by atoms with Gasteiger partial charge in [-0.15, -0.1) is 0 Å². The second kappa shape index (κ2) is 8.28. The number of hydrogen-bond donors (Lipinski definition) is 1. The van der Waals surface area contributed by atoms with E-state index in [0.717, 1.165) is 30.1 Å². The Morgan fingerprint density at radius 1 is 1.10 bits per heavy atom. The number of nitrogens with zero attached hydrogens (tertiary/aromatic N) is 1. The Kier molecular flexibility index (Phi) is 5.74. The van der Waals surface area contributed by atoms with Crippen LogP contribution in [0.15, 0.2) is 58.5 Å². The molecule has 4 nitrogen and oxygen atoms in total. The number of fused-ring (bicyclic) bond motifs is 1. The zero-order valence-corrected chi connectivity index (χ0v) is 17.5. The van der Waals surface area contributed by atoms with Crippen LogP contribution in [-0.2, 0) is 16.3 Å².